The lowest BCUT2D eigenvalue weighted by Gasteiger charge is -2.25. The molecular formula is C22H21ClF3N3O3S. The second-order valence-electron chi connectivity index (χ2n) is 7.84. The van der Waals surface area contributed by atoms with Crippen molar-refractivity contribution < 1.29 is 26.4 Å². The van der Waals surface area contributed by atoms with Crippen LogP contribution < -0.4 is 5.32 Å². The maximum atomic E-state index is 13.0. The fourth-order valence-corrected chi connectivity index (χ4v) is 5.63. The zero-order valence-electron chi connectivity index (χ0n) is 17.4. The van der Waals surface area contributed by atoms with Crippen molar-refractivity contribution in [3.63, 3.8) is 0 Å². The van der Waals surface area contributed by atoms with E-state index in [1.165, 1.54) is 33.3 Å². The summed E-state index contributed by atoms with van der Waals surface area (Å²) in [4.78, 5) is 12.8. The zero-order chi connectivity index (χ0) is 23.8. The van der Waals surface area contributed by atoms with Gasteiger partial charge in [-0.3, -0.25) is 4.57 Å². The van der Waals surface area contributed by atoms with Gasteiger partial charge in [-0.2, -0.15) is 17.5 Å². The number of aromatic nitrogens is 1. The van der Waals surface area contributed by atoms with Crippen LogP contribution >= 0.6 is 11.6 Å². The molecule has 0 atom stereocenters. The van der Waals surface area contributed by atoms with Gasteiger partial charge >= 0.3 is 12.2 Å². The Morgan fingerprint density at radius 1 is 1.03 bits per heavy atom. The normalized spacial score (nSPS) is 15.6. The van der Waals surface area contributed by atoms with Gasteiger partial charge in [-0.15, -0.1) is 0 Å². The molecule has 1 aliphatic heterocycles. The number of nitrogens with zero attached hydrogens (tertiary/aromatic N) is 2. The summed E-state index contributed by atoms with van der Waals surface area (Å²) in [6, 6.07) is 9.13. The first-order valence-corrected chi connectivity index (χ1v) is 12.1. The van der Waals surface area contributed by atoms with E-state index < -0.39 is 32.8 Å². The number of amides is 1. The number of piperidine rings is 1. The van der Waals surface area contributed by atoms with E-state index in [4.69, 9.17) is 11.6 Å². The molecule has 2 heterocycles. The number of carbonyl (C=O) groups excluding carboxylic acids is 1. The van der Waals surface area contributed by atoms with Crippen LogP contribution in [0, 0.1) is 0 Å². The van der Waals surface area contributed by atoms with Crippen molar-refractivity contribution in [2.45, 2.75) is 36.9 Å². The monoisotopic (exact) mass is 499 g/mol. The number of carbonyl (C=O) groups is 1. The highest BCUT2D eigenvalue weighted by Gasteiger charge is 2.34. The van der Waals surface area contributed by atoms with Crippen molar-refractivity contribution in [1.29, 1.82) is 0 Å². The van der Waals surface area contributed by atoms with E-state index in [-0.39, 0.29) is 22.3 Å². The number of alkyl halides is 3. The molecule has 33 heavy (non-hydrogen) atoms. The van der Waals surface area contributed by atoms with Gasteiger partial charge in [0.2, 0.25) is 10.0 Å². The lowest BCUT2D eigenvalue weighted by atomic mass is 10.1. The molecule has 0 saturated carbocycles. The SMILES string of the molecule is O=C(NCc1ccc(S(=O)(=O)N2CCCCC2)cc1)n1ccc2cc(C(F)(F)F)c(Cl)cc21. The molecule has 0 bridgehead atoms. The second kappa shape index (κ2) is 9.00. The quantitative estimate of drug-likeness (QED) is 0.533. The largest absolute Gasteiger partial charge is 0.417 e. The van der Waals surface area contributed by atoms with E-state index in [0.717, 1.165) is 31.4 Å². The Bertz CT molecular complexity index is 1280. The predicted octanol–water partition coefficient (Wildman–Crippen LogP) is 5.25. The van der Waals surface area contributed by atoms with Crippen molar-refractivity contribution >= 4 is 38.6 Å². The predicted molar refractivity (Wildman–Crippen MR) is 119 cm³/mol. The highest BCUT2D eigenvalue weighted by Crippen LogP contribution is 2.37. The lowest BCUT2D eigenvalue weighted by molar-refractivity contribution is -0.137. The average Bonchev–Trinajstić information content (AvgIpc) is 3.20. The summed E-state index contributed by atoms with van der Waals surface area (Å²) in [6.07, 6.45) is -0.509. The number of sulfonamides is 1. The Labute approximate surface area is 194 Å². The third-order valence-electron chi connectivity index (χ3n) is 5.62. The third kappa shape index (κ3) is 4.87. The first kappa shape index (κ1) is 23.6. The molecule has 1 N–H and O–H groups in total. The number of fused-ring (bicyclic) bond motifs is 1. The van der Waals surface area contributed by atoms with Gasteiger partial charge in [0.05, 0.1) is 21.0 Å². The topological polar surface area (TPSA) is 71.4 Å². The number of nitrogens with one attached hydrogen (secondary N) is 1. The van der Waals surface area contributed by atoms with Crippen LogP contribution in [0.5, 0.6) is 0 Å². The molecular weight excluding hydrogens is 479 g/mol. The summed E-state index contributed by atoms with van der Waals surface area (Å²) in [7, 11) is -3.54. The minimum Gasteiger partial charge on any atom is -0.333 e. The molecule has 4 rings (SSSR count). The first-order valence-electron chi connectivity index (χ1n) is 10.3. The summed E-state index contributed by atoms with van der Waals surface area (Å²) in [5.74, 6) is 0. The maximum absolute atomic E-state index is 13.0. The van der Waals surface area contributed by atoms with Gasteiger partial charge < -0.3 is 5.32 Å². The van der Waals surface area contributed by atoms with E-state index >= 15 is 0 Å². The Balaban J connectivity index is 1.46. The number of hydrogen-bond donors (Lipinski definition) is 1. The molecule has 3 aromatic rings. The molecule has 1 saturated heterocycles. The molecule has 0 radical (unpaired) electrons. The van der Waals surface area contributed by atoms with E-state index in [1.807, 2.05) is 0 Å². The Hall–Kier alpha value is -2.56. The summed E-state index contributed by atoms with van der Waals surface area (Å²) in [5, 5.41) is 2.42. The van der Waals surface area contributed by atoms with Crippen molar-refractivity contribution in [3.8, 4) is 0 Å². The summed E-state index contributed by atoms with van der Waals surface area (Å²) < 4.78 is 67.3. The minimum atomic E-state index is -4.59. The molecule has 6 nitrogen and oxygen atoms in total. The van der Waals surface area contributed by atoms with Crippen LogP contribution in [-0.2, 0) is 22.7 Å². The van der Waals surface area contributed by atoms with Crippen LogP contribution in [0.1, 0.15) is 30.4 Å². The first-order chi connectivity index (χ1) is 15.6. The van der Waals surface area contributed by atoms with E-state index in [1.54, 1.807) is 12.1 Å². The highest BCUT2D eigenvalue weighted by atomic mass is 35.5. The molecule has 0 aliphatic carbocycles. The molecule has 1 aliphatic rings. The molecule has 1 amide bonds. The molecule has 1 fully saturated rings. The third-order valence-corrected chi connectivity index (χ3v) is 7.85. The van der Waals surface area contributed by atoms with Crippen LogP contribution in [0.25, 0.3) is 10.9 Å². The van der Waals surface area contributed by atoms with Crippen LogP contribution in [0.2, 0.25) is 5.02 Å². The smallest absolute Gasteiger partial charge is 0.333 e. The van der Waals surface area contributed by atoms with Crippen molar-refractivity contribution in [3.05, 3.63) is 64.8 Å². The maximum Gasteiger partial charge on any atom is 0.417 e. The Morgan fingerprint density at radius 3 is 2.33 bits per heavy atom. The van der Waals surface area contributed by atoms with Crippen LogP contribution in [0.4, 0.5) is 18.0 Å². The van der Waals surface area contributed by atoms with Gasteiger partial charge in [-0.1, -0.05) is 30.2 Å². The van der Waals surface area contributed by atoms with Gasteiger partial charge in [0.25, 0.3) is 0 Å². The van der Waals surface area contributed by atoms with E-state index in [0.29, 0.717) is 18.7 Å². The fourth-order valence-electron chi connectivity index (χ4n) is 3.85. The summed E-state index contributed by atoms with van der Waals surface area (Å²) >= 11 is 5.78. The average molecular weight is 500 g/mol. The molecule has 1 aromatic heterocycles. The molecule has 0 spiro atoms. The highest BCUT2D eigenvalue weighted by molar-refractivity contribution is 7.89. The number of hydrogen-bond acceptors (Lipinski definition) is 3. The lowest BCUT2D eigenvalue weighted by Crippen LogP contribution is -2.35. The van der Waals surface area contributed by atoms with E-state index in [2.05, 4.69) is 5.32 Å². The molecule has 176 valence electrons. The van der Waals surface area contributed by atoms with Gasteiger partial charge in [0, 0.05) is 31.2 Å². The van der Waals surface area contributed by atoms with Crippen LogP contribution in [0.15, 0.2) is 53.6 Å². The van der Waals surface area contributed by atoms with Crippen molar-refractivity contribution in [1.82, 2.24) is 14.2 Å². The summed E-state index contributed by atoms with van der Waals surface area (Å²) in [6.45, 7) is 1.13. The van der Waals surface area contributed by atoms with Gasteiger partial charge in [-0.25, -0.2) is 13.2 Å². The second-order valence-corrected chi connectivity index (χ2v) is 10.2. The number of halogens is 4. The van der Waals surface area contributed by atoms with Crippen molar-refractivity contribution in [2.75, 3.05) is 13.1 Å². The van der Waals surface area contributed by atoms with Crippen LogP contribution in [0.3, 0.4) is 0 Å². The van der Waals surface area contributed by atoms with Crippen LogP contribution in [-0.4, -0.2) is 36.4 Å². The summed E-state index contributed by atoms with van der Waals surface area (Å²) in [5.41, 5.74) is -0.0438. The number of benzene rings is 2. The standard InChI is InChI=1S/C22H21ClF3N3O3S/c23-19-13-20-16(12-18(19)22(24,25)26)8-11-29(20)21(30)27-14-15-4-6-17(7-5-15)33(31,32)28-9-2-1-3-10-28/h4-8,11-13H,1-3,9-10,14H2,(H,27,30). The Morgan fingerprint density at radius 2 is 1.70 bits per heavy atom. The van der Waals surface area contributed by atoms with Gasteiger partial charge in [0.1, 0.15) is 0 Å². The van der Waals surface area contributed by atoms with E-state index in [9.17, 15) is 26.4 Å². The van der Waals surface area contributed by atoms with Gasteiger partial charge in [0.15, 0.2) is 0 Å². The molecule has 2 aromatic carbocycles. The molecule has 0 unspecified atom stereocenters. The van der Waals surface area contributed by atoms with Crippen molar-refractivity contribution in [2.24, 2.45) is 0 Å². The zero-order valence-corrected chi connectivity index (χ0v) is 19.0. The minimum absolute atomic E-state index is 0.108. The fraction of sp³-hybridized carbons (Fsp3) is 0.318. The van der Waals surface area contributed by atoms with Gasteiger partial charge in [-0.05, 0) is 48.7 Å². The number of rotatable bonds is 4. The molecule has 11 heteroatoms. The Kier molecular flexibility index (Phi) is 6.43.